The number of carboxylic acids is 1. The first-order valence-corrected chi connectivity index (χ1v) is 6.68. The molecule has 0 amide bonds. The summed E-state index contributed by atoms with van der Waals surface area (Å²) in [6.07, 6.45) is 1.42. The van der Waals surface area contributed by atoms with Crippen LogP contribution in [0.5, 0.6) is 11.5 Å². The van der Waals surface area contributed by atoms with Crippen molar-refractivity contribution in [3.63, 3.8) is 0 Å². The molecule has 0 aliphatic heterocycles. The molecule has 1 N–H and O–H groups in total. The number of aryl methyl sites for hydroxylation is 1. The topological polar surface area (TPSA) is 77.8 Å². The van der Waals surface area contributed by atoms with Crippen LogP contribution in [0.4, 0.5) is 0 Å². The van der Waals surface area contributed by atoms with Gasteiger partial charge < -0.3 is 19.1 Å². The minimum atomic E-state index is -0.981. The number of aromatic nitrogens is 1. The summed E-state index contributed by atoms with van der Waals surface area (Å²) >= 11 is 0. The maximum atomic E-state index is 11.9. The van der Waals surface area contributed by atoms with Gasteiger partial charge in [0, 0.05) is 11.8 Å². The number of hydrogen-bond acceptors (Lipinski definition) is 4. The zero-order valence-corrected chi connectivity index (χ0v) is 12.4. The summed E-state index contributed by atoms with van der Waals surface area (Å²) in [5, 5.41) is 8.86. The van der Waals surface area contributed by atoms with Crippen LogP contribution in [0.3, 0.4) is 0 Å². The Bertz CT molecular complexity index is 736. The smallest absolute Gasteiger partial charge is 0.323 e. The van der Waals surface area contributed by atoms with Crippen molar-refractivity contribution < 1.29 is 19.4 Å². The third kappa shape index (κ3) is 3.88. The van der Waals surface area contributed by atoms with Crippen LogP contribution in [0.2, 0.25) is 0 Å². The number of rotatable bonds is 6. The largest absolute Gasteiger partial charge is 0.497 e. The summed E-state index contributed by atoms with van der Waals surface area (Å²) in [6, 6.07) is 8.67. The fraction of sp³-hybridized carbons (Fsp3) is 0.250. The van der Waals surface area contributed by atoms with Gasteiger partial charge in [-0.1, -0.05) is 12.1 Å². The van der Waals surface area contributed by atoms with E-state index in [-0.39, 0.29) is 24.3 Å². The van der Waals surface area contributed by atoms with Gasteiger partial charge in [-0.3, -0.25) is 9.59 Å². The molecule has 2 aromatic rings. The number of methoxy groups -OCH3 is 1. The average molecular weight is 303 g/mol. The van der Waals surface area contributed by atoms with E-state index in [9.17, 15) is 9.59 Å². The summed E-state index contributed by atoms with van der Waals surface area (Å²) < 4.78 is 12.1. The maximum absolute atomic E-state index is 11.9. The Kier molecular flexibility index (Phi) is 4.83. The lowest BCUT2D eigenvalue weighted by Crippen LogP contribution is -2.17. The van der Waals surface area contributed by atoms with Crippen molar-refractivity contribution in [3.05, 3.63) is 58.0 Å². The van der Waals surface area contributed by atoms with Crippen molar-refractivity contribution in [1.82, 2.24) is 4.57 Å². The van der Waals surface area contributed by atoms with E-state index in [0.29, 0.717) is 11.4 Å². The Hall–Kier alpha value is -2.76. The highest BCUT2D eigenvalue weighted by molar-refractivity contribution is 5.66. The molecule has 1 aromatic carbocycles. The standard InChI is InChI=1S/C16H17NO5/c1-11-6-14(18)15(8-17(11)9-16(19)20)22-10-12-4-3-5-13(7-12)21-2/h3-8H,9-10H2,1-2H3,(H,19,20). The van der Waals surface area contributed by atoms with Crippen molar-refractivity contribution in [2.45, 2.75) is 20.1 Å². The number of ether oxygens (including phenoxy) is 2. The van der Waals surface area contributed by atoms with Crippen LogP contribution in [0, 0.1) is 6.92 Å². The molecule has 1 heterocycles. The van der Waals surface area contributed by atoms with Gasteiger partial charge in [0.05, 0.1) is 13.3 Å². The molecule has 6 heteroatoms. The molecule has 22 heavy (non-hydrogen) atoms. The van der Waals surface area contributed by atoms with Gasteiger partial charge >= 0.3 is 5.97 Å². The quantitative estimate of drug-likeness (QED) is 0.881. The Morgan fingerprint density at radius 2 is 2.09 bits per heavy atom. The third-order valence-corrected chi connectivity index (χ3v) is 3.14. The van der Waals surface area contributed by atoms with Gasteiger partial charge in [-0.15, -0.1) is 0 Å². The van der Waals surface area contributed by atoms with Crippen LogP contribution < -0.4 is 14.9 Å². The van der Waals surface area contributed by atoms with Gasteiger partial charge in [-0.2, -0.15) is 0 Å². The Morgan fingerprint density at radius 3 is 2.77 bits per heavy atom. The number of carboxylic acid groups (broad SMARTS) is 1. The highest BCUT2D eigenvalue weighted by Crippen LogP contribution is 2.15. The monoisotopic (exact) mass is 303 g/mol. The second kappa shape index (κ2) is 6.80. The van der Waals surface area contributed by atoms with E-state index in [1.54, 1.807) is 14.0 Å². The van der Waals surface area contributed by atoms with Crippen LogP contribution in [-0.4, -0.2) is 22.8 Å². The Labute approximate surface area is 127 Å². The molecule has 0 spiro atoms. The van der Waals surface area contributed by atoms with E-state index in [2.05, 4.69) is 0 Å². The molecule has 0 aliphatic rings. The highest BCUT2D eigenvalue weighted by Gasteiger charge is 2.08. The number of benzene rings is 1. The zero-order chi connectivity index (χ0) is 16.1. The number of pyridine rings is 1. The lowest BCUT2D eigenvalue weighted by atomic mass is 10.2. The van der Waals surface area contributed by atoms with E-state index < -0.39 is 5.97 Å². The van der Waals surface area contributed by atoms with Gasteiger partial charge in [0.2, 0.25) is 5.43 Å². The van der Waals surface area contributed by atoms with Crippen LogP contribution in [-0.2, 0) is 17.9 Å². The average Bonchev–Trinajstić information content (AvgIpc) is 2.48. The summed E-state index contributed by atoms with van der Waals surface area (Å²) in [7, 11) is 1.57. The molecule has 0 saturated heterocycles. The van der Waals surface area contributed by atoms with Crippen LogP contribution in [0.25, 0.3) is 0 Å². The predicted molar refractivity (Wildman–Crippen MR) is 80.4 cm³/mol. The first kappa shape index (κ1) is 15.6. The second-order valence-electron chi connectivity index (χ2n) is 4.81. The molecular weight excluding hydrogens is 286 g/mol. The normalized spacial score (nSPS) is 10.3. The van der Waals surface area contributed by atoms with Crippen molar-refractivity contribution in [2.75, 3.05) is 7.11 Å². The van der Waals surface area contributed by atoms with Crippen molar-refractivity contribution in [2.24, 2.45) is 0 Å². The van der Waals surface area contributed by atoms with E-state index >= 15 is 0 Å². The summed E-state index contributed by atoms with van der Waals surface area (Å²) in [6.45, 7) is 1.65. The van der Waals surface area contributed by atoms with Crippen LogP contribution >= 0.6 is 0 Å². The minimum absolute atomic E-state index is 0.120. The molecule has 2 rings (SSSR count). The van der Waals surface area contributed by atoms with E-state index in [0.717, 1.165) is 5.56 Å². The first-order valence-electron chi connectivity index (χ1n) is 6.68. The number of hydrogen-bond donors (Lipinski definition) is 1. The van der Waals surface area contributed by atoms with Gasteiger partial charge in [-0.05, 0) is 24.6 Å². The molecule has 0 bridgehead atoms. The van der Waals surface area contributed by atoms with Gasteiger partial charge in [0.1, 0.15) is 18.9 Å². The zero-order valence-electron chi connectivity index (χ0n) is 12.4. The number of aliphatic carboxylic acids is 1. The molecular formula is C16H17NO5. The Balaban J connectivity index is 2.18. The highest BCUT2D eigenvalue weighted by atomic mass is 16.5. The summed E-state index contributed by atoms with van der Waals surface area (Å²) in [5.41, 5.74) is 1.15. The number of nitrogens with zero attached hydrogens (tertiary/aromatic N) is 1. The molecule has 0 atom stereocenters. The first-order chi connectivity index (χ1) is 10.5. The Morgan fingerprint density at radius 1 is 1.32 bits per heavy atom. The molecule has 0 unspecified atom stereocenters. The van der Waals surface area contributed by atoms with Gasteiger partial charge in [0.25, 0.3) is 0 Å². The van der Waals surface area contributed by atoms with Crippen LogP contribution in [0.15, 0.2) is 41.3 Å². The summed E-state index contributed by atoms with van der Waals surface area (Å²) in [4.78, 5) is 22.7. The fourth-order valence-corrected chi connectivity index (χ4v) is 2.00. The molecule has 6 nitrogen and oxygen atoms in total. The lowest BCUT2D eigenvalue weighted by molar-refractivity contribution is -0.137. The number of carbonyl (C=O) groups is 1. The van der Waals surface area contributed by atoms with Gasteiger partial charge in [0.15, 0.2) is 5.75 Å². The van der Waals surface area contributed by atoms with E-state index in [4.69, 9.17) is 14.6 Å². The minimum Gasteiger partial charge on any atom is -0.497 e. The predicted octanol–water partition coefficient (Wildman–Crippen LogP) is 1.83. The summed E-state index contributed by atoms with van der Waals surface area (Å²) in [5.74, 6) is -0.159. The maximum Gasteiger partial charge on any atom is 0.323 e. The third-order valence-electron chi connectivity index (χ3n) is 3.14. The molecule has 0 aliphatic carbocycles. The van der Waals surface area contributed by atoms with Crippen molar-refractivity contribution in [3.8, 4) is 11.5 Å². The molecule has 0 fully saturated rings. The molecule has 0 saturated carbocycles. The molecule has 1 aromatic heterocycles. The molecule has 116 valence electrons. The molecule has 0 radical (unpaired) electrons. The van der Waals surface area contributed by atoms with Crippen molar-refractivity contribution >= 4 is 5.97 Å². The SMILES string of the molecule is COc1cccc(COc2cn(CC(=O)O)c(C)cc2=O)c1. The van der Waals surface area contributed by atoms with Crippen LogP contribution in [0.1, 0.15) is 11.3 Å². The second-order valence-corrected chi connectivity index (χ2v) is 4.81. The lowest BCUT2D eigenvalue weighted by Gasteiger charge is -2.12. The van der Waals surface area contributed by atoms with Crippen molar-refractivity contribution in [1.29, 1.82) is 0 Å². The van der Waals surface area contributed by atoms with E-state index in [1.807, 2.05) is 24.3 Å². The van der Waals surface area contributed by atoms with Gasteiger partial charge in [-0.25, -0.2) is 0 Å². The van der Waals surface area contributed by atoms with E-state index in [1.165, 1.54) is 16.8 Å². The fourth-order valence-electron chi connectivity index (χ4n) is 2.00.